The van der Waals surface area contributed by atoms with Crippen molar-refractivity contribution in [1.29, 1.82) is 0 Å². The van der Waals surface area contributed by atoms with E-state index in [1.807, 2.05) is 25.1 Å². The van der Waals surface area contributed by atoms with Gasteiger partial charge in [0.1, 0.15) is 0 Å². The summed E-state index contributed by atoms with van der Waals surface area (Å²) in [5.74, 6) is 0.0383. The van der Waals surface area contributed by atoms with E-state index >= 15 is 0 Å². The zero-order chi connectivity index (χ0) is 14.8. The quantitative estimate of drug-likeness (QED) is 0.834. The van der Waals surface area contributed by atoms with E-state index in [1.165, 1.54) is 6.42 Å². The molecule has 1 heterocycles. The molecule has 3 N–H and O–H groups in total. The fraction of sp³-hybridized carbons (Fsp3) is 0.562. The Morgan fingerprint density at radius 2 is 2.20 bits per heavy atom. The number of nitrogen functional groups attached to an aromatic ring is 1. The van der Waals surface area contributed by atoms with Crippen LogP contribution in [0.25, 0.3) is 0 Å². The third-order valence-corrected chi connectivity index (χ3v) is 4.00. The first-order valence-electron chi connectivity index (χ1n) is 7.25. The van der Waals surface area contributed by atoms with Crippen LogP contribution in [0, 0.1) is 12.3 Å². The molecule has 0 unspecified atom stereocenters. The SMILES string of the molecule is Cc1c(N)cccc1NC(=O)CN1CCCC(C)(C)C1. The molecule has 0 saturated carbocycles. The van der Waals surface area contributed by atoms with Gasteiger partial charge < -0.3 is 11.1 Å². The maximum atomic E-state index is 12.2. The summed E-state index contributed by atoms with van der Waals surface area (Å²) in [7, 11) is 0. The largest absolute Gasteiger partial charge is 0.398 e. The maximum absolute atomic E-state index is 12.2. The van der Waals surface area contributed by atoms with Crippen molar-refractivity contribution in [3.05, 3.63) is 23.8 Å². The second-order valence-electron chi connectivity index (χ2n) is 6.55. The monoisotopic (exact) mass is 275 g/mol. The van der Waals surface area contributed by atoms with Crippen molar-refractivity contribution in [3.8, 4) is 0 Å². The molecule has 1 amide bonds. The molecule has 1 aliphatic heterocycles. The standard InChI is InChI=1S/C16H25N3O/c1-12-13(17)6-4-7-14(12)18-15(20)10-19-9-5-8-16(2,3)11-19/h4,6-7H,5,8-11,17H2,1-3H3,(H,18,20). The summed E-state index contributed by atoms with van der Waals surface area (Å²) in [4.78, 5) is 14.4. The molecule has 1 aromatic carbocycles. The summed E-state index contributed by atoms with van der Waals surface area (Å²) in [6.07, 6.45) is 2.40. The third-order valence-electron chi connectivity index (χ3n) is 4.00. The number of nitrogens with two attached hydrogens (primary N) is 1. The molecular weight excluding hydrogens is 250 g/mol. The summed E-state index contributed by atoms with van der Waals surface area (Å²) in [6, 6.07) is 5.60. The molecular formula is C16H25N3O. The minimum Gasteiger partial charge on any atom is -0.398 e. The number of hydrogen-bond acceptors (Lipinski definition) is 3. The third kappa shape index (κ3) is 3.73. The Morgan fingerprint density at radius 1 is 1.45 bits per heavy atom. The van der Waals surface area contributed by atoms with Crippen LogP contribution in [0.3, 0.4) is 0 Å². The average Bonchev–Trinajstić information content (AvgIpc) is 2.33. The lowest BCUT2D eigenvalue weighted by molar-refractivity contribution is -0.118. The van der Waals surface area contributed by atoms with Gasteiger partial charge in [0.2, 0.25) is 5.91 Å². The molecule has 1 fully saturated rings. The van der Waals surface area contributed by atoms with Crippen molar-refractivity contribution in [3.63, 3.8) is 0 Å². The van der Waals surface area contributed by atoms with Crippen molar-refractivity contribution in [2.24, 2.45) is 5.41 Å². The van der Waals surface area contributed by atoms with Crippen molar-refractivity contribution < 1.29 is 4.79 Å². The van der Waals surface area contributed by atoms with Crippen LogP contribution < -0.4 is 11.1 Å². The van der Waals surface area contributed by atoms with Gasteiger partial charge in [0, 0.05) is 17.9 Å². The minimum atomic E-state index is 0.0383. The van der Waals surface area contributed by atoms with E-state index in [0.29, 0.717) is 17.6 Å². The fourth-order valence-electron chi connectivity index (χ4n) is 2.86. The number of benzene rings is 1. The molecule has 1 aliphatic rings. The highest BCUT2D eigenvalue weighted by Gasteiger charge is 2.27. The van der Waals surface area contributed by atoms with Gasteiger partial charge >= 0.3 is 0 Å². The molecule has 0 aliphatic carbocycles. The van der Waals surface area contributed by atoms with E-state index in [4.69, 9.17) is 5.73 Å². The van der Waals surface area contributed by atoms with Gasteiger partial charge in [0.05, 0.1) is 6.54 Å². The summed E-state index contributed by atoms with van der Waals surface area (Å²) >= 11 is 0. The van der Waals surface area contributed by atoms with Gasteiger partial charge in [-0.1, -0.05) is 19.9 Å². The van der Waals surface area contributed by atoms with Crippen LogP contribution in [0.2, 0.25) is 0 Å². The van der Waals surface area contributed by atoms with Crippen LogP contribution in [0.15, 0.2) is 18.2 Å². The highest BCUT2D eigenvalue weighted by Crippen LogP contribution is 2.28. The summed E-state index contributed by atoms with van der Waals surface area (Å²) < 4.78 is 0. The van der Waals surface area contributed by atoms with E-state index < -0.39 is 0 Å². The Balaban J connectivity index is 1.94. The number of carbonyl (C=O) groups is 1. The smallest absolute Gasteiger partial charge is 0.238 e. The fourth-order valence-corrected chi connectivity index (χ4v) is 2.86. The van der Waals surface area contributed by atoms with Crippen LogP contribution in [0.4, 0.5) is 11.4 Å². The molecule has 110 valence electrons. The molecule has 1 aromatic rings. The normalized spacial score (nSPS) is 18.8. The van der Waals surface area contributed by atoms with Gasteiger partial charge in [-0.25, -0.2) is 0 Å². The second-order valence-corrected chi connectivity index (χ2v) is 6.55. The Bertz CT molecular complexity index is 496. The summed E-state index contributed by atoms with van der Waals surface area (Å²) in [6.45, 7) is 8.90. The van der Waals surface area contributed by atoms with Crippen molar-refractivity contribution >= 4 is 17.3 Å². The van der Waals surface area contributed by atoms with Gasteiger partial charge in [-0.3, -0.25) is 9.69 Å². The first kappa shape index (κ1) is 14.9. The predicted octanol–water partition coefficient (Wildman–Crippen LogP) is 2.64. The first-order valence-corrected chi connectivity index (χ1v) is 7.25. The average molecular weight is 275 g/mol. The van der Waals surface area contributed by atoms with Gasteiger partial charge in [0.15, 0.2) is 0 Å². The molecule has 0 radical (unpaired) electrons. The van der Waals surface area contributed by atoms with E-state index in [0.717, 1.165) is 30.8 Å². The van der Waals surface area contributed by atoms with E-state index in [-0.39, 0.29) is 5.91 Å². The van der Waals surface area contributed by atoms with Crippen LogP contribution >= 0.6 is 0 Å². The number of carbonyl (C=O) groups excluding carboxylic acids is 1. The van der Waals surface area contributed by atoms with Crippen molar-refractivity contribution in [2.45, 2.75) is 33.6 Å². The molecule has 0 aromatic heterocycles. The lowest BCUT2D eigenvalue weighted by Gasteiger charge is -2.37. The second kappa shape index (κ2) is 5.83. The number of piperidine rings is 1. The molecule has 20 heavy (non-hydrogen) atoms. The van der Waals surface area contributed by atoms with Crippen molar-refractivity contribution in [2.75, 3.05) is 30.7 Å². The Kier molecular flexibility index (Phi) is 4.33. The minimum absolute atomic E-state index is 0.0383. The maximum Gasteiger partial charge on any atom is 0.238 e. The molecule has 0 bridgehead atoms. The molecule has 0 spiro atoms. The van der Waals surface area contributed by atoms with Crippen LogP contribution in [-0.4, -0.2) is 30.4 Å². The molecule has 0 atom stereocenters. The zero-order valence-corrected chi connectivity index (χ0v) is 12.7. The lowest BCUT2D eigenvalue weighted by atomic mass is 9.84. The number of likely N-dealkylation sites (tertiary alicyclic amines) is 1. The highest BCUT2D eigenvalue weighted by molar-refractivity contribution is 5.93. The van der Waals surface area contributed by atoms with E-state index in [1.54, 1.807) is 0 Å². The first-order chi connectivity index (χ1) is 9.37. The molecule has 1 saturated heterocycles. The predicted molar refractivity (Wildman–Crippen MR) is 83.7 cm³/mol. The Hall–Kier alpha value is -1.55. The summed E-state index contributed by atoms with van der Waals surface area (Å²) in [5.41, 5.74) is 8.62. The van der Waals surface area contributed by atoms with Gasteiger partial charge in [0.25, 0.3) is 0 Å². The highest BCUT2D eigenvalue weighted by atomic mass is 16.2. The lowest BCUT2D eigenvalue weighted by Crippen LogP contribution is -2.43. The number of hydrogen-bond donors (Lipinski definition) is 2. The summed E-state index contributed by atoms with van der Waals surface area (Å²) in [5, 5.41) is 2.97. The van der Waals surface area contributed by atoms with Crippen LogP contribution in [0.1, 0.15) is 32.3 Å². The van der Waals surface area contributed by atoms with E-state index in [9.17, 15) is 4.79 Å². The van der Waals surface area contributed by atoms with Crippen LogP contribution in [-0.2, 0) is 4.79 Å². The zero-order valence-electron chi connectivity index (χ0n) is 12.7. The number of anilines is 2. The number of rotatable bonds is 3. The van der Waals surface area contributed by atoms with Gasteiger partial charge in [-0.15, -0.1) is 0 Å². The number of nitrogens with zero attached hydrogens (tertiary/aromatic N) is 1. The van der Waals surface area contributed by atoms with Gasteiger partial charge in [-0.05, 0) is 49.4 Å². The molecule has 4 nitrogen and oxygen atoms in total. The Morgan fingerprint density at radius 3 is 2.90 bits per heavy atom. The van der Waals surface area contributed by atoms with Crippen LogP contribution in [0.5, 0.6) is 0 Å². The van der Waals surface area contributed by atoms with Gasteiger partial charge in [-0.2, -0.15) is 0 Å². The van der Waals surface area contributed by atoms with E-state index in [2.05, 4.69) is 24.1 Å². The van der Waals surface area contributed by atoms with Crippen molar-refractivity contribution in [1.82, 2.24) is 4.90 Å². The molecule has 2 rings (SSSR count). The number of nitrogens with one attached hydrogen (secondary N) is 1. The topological polar surface area (TPSA) is 58.4 Å². The number of amides is 1. The Labute approximate surface area is 121 Å². The molecule has 4 heteroatoms.